The summed E-state index contributed by atoms with van der Waals surface area (Å²) in [6.45, 7) is 2.61. The Labute approximate surface area is 103 Å². The zero-order chi connectivity index (χ0) is 12.2. The van der Waals surface area contributed by atoms with Gasteiger partial charge in [-0.3, -0.25) is 0 Å². The van der Waals surface area contributed by atoms with Crippen LogP contribution in [-0.4, -0.2) is 35.8 Å². The lowest BCUT2D eigenvalue weighted by Gasteiger charge is -2.09. The van der Waals surface area contributed by atoms with Crippen molar-refractivity contribution in [3.05, 3.63) is 0 Å². The fourth-order valence-corrected chi connectivity index (χ4v) is 1.78. The van der Waals surface area contributed by atoms with E-state index in [1.165, 1.54) is 19.3 Å². The number of carbonyl (C=O) groups is 1. The van der Waals surface area contributed by atoms with Crippen LogP contribution < -0.4 is 0 Å². The second-order valence-electron chi connectivity index (χ2n) is 3.88. The quantitative estimate of drug-likeness (QED) is 0.477. The van der Waals surface area contributed by atoms with Gasteiger partial charge in [0.1, 0.15) is 0 Å². The largest absolute Gasteiger partial charge is 0.464 e. The maximum atomic E-state index is 11.3. The van der Waals surface area contributed by atoms with Crippen molar-refractivity contribution in [2.75, 3.05) is 18.6 Å². The van der Waals surface area contributed by atoms with Gasteiger partial charge in [0.25, 0.3) is 0 Å². The van der Waals surface area contributed by atoms with Crippen LogP contribution in [0.5, 0.6) is 0 Å². The first kappa shape index (κ1) is 15.8. The molecule has 0 fully saturated rings. The summed E-state index contributed by atoms with van der Waals surface area (Å²) in [6, 6.07) is 0. The number of thioether (sulfide) groups is 1. The molecule has 1 N–H and O–H groups in total. The maximum Gasteiger partial charge on any atom is 0.334 e. The van der Waals surface area contributed by atoms with E-state index < -0.39 is 12.1 Å². The molecule has 0 rings (SSSR count). The number of unbranched alkanes of at least 4 members (excludes halogenated alkanes) is 4. The summed E-state index contributed by atoms with van der Waals surface area (Å²) in [4.78, 5) is 11.3. The first-order chi connectivity index (χ1) is 7.72. The number of rotatable bonds is 10. The number of esters is 1. The average molecular weight is 248 g/mol. The number of ether oxygens (including phenoxy) is 1. The minimum Gasteiger partial charge on any atom is -0.464 e. The van der Waals surface area contributed by atoms with Crippen molar-refractivity contribution < 1.29 is 14.6 Å². The van der Waals surface area contributed by atoms with Gasteiger partial charge < -0.3 is 9.84 Å². The molecule has 0 aromatic rings. The highest BCUT2D eigenvalue weighted by Gasteiger charge is 2.15. The van der Waals surface area contributed by atoms with E-state index >= 15 is 0 Å². The van der Waals surface area contributed by atoms with Crippen LogP contribution in [0, 0.1) is 0 Å². The third kappa shape index (κ3) is 9.04. The van der Waals surface area contributed by atoms with Gasteiger partial charge in [-0.1, -0.05) is 32.6 Å². The van der Waals surface area contributed by atoms with Gasteiger partial charge in [-0.15, -0.1) is 0 Å². The van der Waals surface area contributed by atoms with E-state index in [1.807, 2.05) is 6.26 Å². The van der Waals surface area contributed by atoms with Crippen molar-refractivity contribution >= 4 is 17.7 Å². The number of aliphatic hydroxyl groups excluding tert-OH is 1. The Kier molecular flexibility index (Phi) is 11.1. The van der Waals surface area contributed by atoms with E-state index in [-0.39, 0.29) is 0 Å². The molecular weight excluding hydrogens is 224 g/mol. The molecule has 0 aliphatic heterocycles. The maximum absolute atomic E-state index is 11.3. The van der Waals surface area contributed by atoms with Crippen LogP contribution in [0.4, 0.5) is 0 Å². The van der Waals surface area contributed by atoms with Crippen molar-refractivity contribution in [3.8, 4) is 0 Å². The van der Waals surface area contributed by atoms with Crippen LogP contribution in [0.15, 0.2) is 0 Å². The Hall–Kier alpha value is -0.220. The normalized spacial score (nSPS) is 12.4. The molecule has 16 heavy (non-hydrogen) atoms. The monoisotopic (exact) mass is 248 g/mol. The van der Waals surface area contributed by atoms with E-state index in [1.54, 1.807) is 11.8 Å². The molecule has 0 saturated heterocycles. The topological polar surface area (TPSA) is 46.5 Å². The summed E-state index contributed by atoms with van der Waals surface area (Å²) in [7, 11) is 0. The molecule has 0 aromatic carbocycles. The Balaban J connectivity index is 3.35. The number of carbonyl (C=O) groups excluding carboxylic acids is 1. The second-order valence-corrected chi connectivity index (χ2v) is 4.86. The van der Waals surface area contributed by atoms with Crippen molar-refractivity contribution in [2.24, 2.45) is 0 Å². The van der Waals surface area contributed by atoms with Crippen molar-refractivity contribution in [1.29, 1.82) is 0 Å². The number of aliphatic hydroxyl groups is 1. The lowest BCUT2D eigenvalue weighted by atomic mass is 10.2. The van der Waals surface area contributed by atoms with Gasteiger partial charge in [0.05, 0.1) is 6.61 Å². The summed E-state index contributed by atoms with van der Waals surface area (Å²) in [6.07, 6.45) is 7.15. The molecule has 0 radical (unpaired) electrons. The smallest absolute Gasteiger partial charge is 0.334 e. The molecule has 0 aliphatic carbocycles. The highest BCUT2D eigenvalue weighted by Crippen LogP contribution is 2.05. The fraction of sp³-hybridized carbons (Fsp3) is 0.917. The highest BCUT2D eigenvalue weighted by molar-refractivity contribution is 7.98. The molecule has 0 unspecified atom stereocenters. The van der Waals surface area contributed by atoms with Crippen LogP contribution in [-0.2, 0) is 9.53 Å². The zero-order valence-electron chi connectivity index (χ0n) is 10.4. The van der Waals surface area contributed by atoms with Gasteiger partial charge in [-0.05, 0) is 24.9 Å². The molecule has 0 amide bonds. The van der Waals surface area contributed by atoms with E-state index in [9.17, 15) is 9.90 Å². The lowest BCUT2D eigenvalue weighted by molar-refractivity contribution is -0.153. The number of hydrogen-bond acceptors (Lipinski definition) is 4. The molecule has 0 saturated carbocycles. The van der Waals surface area contributed by atoms with Crippen LogP contribution in [0.3, 0.4) is 0 Å². The predicted molar refractivity (Wildman–Crippen MR) is 68.7 cm³/mol. The molecular formula is C12H24O3S. The summed E-state index contributed by atoms with van der Waals surface area (Å²) in [5.74, 6) is 0.316. The summed E-state index contributed by atoms with van der Waals surface area (Å²) >= 11 is 1.62. The van der Waals surface area contributed by atoms with Crippen LogP contribution in [0.25, 0.3) is 0 Å². The third-order valence-electron chi connectivity index (χ3n) is 2.36. The predicted octanol–water partition coefficient (Wildman–Crippen LogP) is 2.61. The first-order valence-corrected chi connectivity index (χ1v) is 7.45. The molecule has 4 heteroatoms. The Morgan fingerprint density at radius 2 is 2.00 bits per heavy atom. The van der Waals surface area contributed by atoms with Crippen LogP contribution in [0.1, 0.15) is 45.4 Å². The van der Waals surface area contributed by atoms with Gasteiger partial charge in [0.2, 0.25) is 0 Å². The average Bonchev–Trinajstić information content (AvgIpc) is 2.30. The van der Waals surface area contributed by atoms with Gasteiger partial charge in [0.15, 0.2) is 6.10 Å². The Morgan fingerprint density at radius 3 is 2.62 bits per heavy atom. The van der Waals surface area contributed by atoms with Crippen LogP contribution >= 0.6 is 11.8 Å². The van der Waals surface area contributed by atoms with Gasteiger partial charge in [-0.25, -0.2) is 4.79 Å². The number of hydrogen-bond donors (Lipinski definition) is 1. The van der Waals surface area contributed by atoms with Gasteiger partial charge >= 0.3 is 5.97 Å². The SMILES string of the molecule is CCCCCCCOC(=O)[C@@H](O)CCSC. The Bertz CT molecular complexity index is 174. The minimum atomic E-state index is -0.942. The zero-order valence-corrected chi connectivity index (χ0v) is 11.2. The summed E-state index contributed by atoms with van der Waals surface area (Å²) < 4.78 is 4.98. The second kappa shape index (κ2) is 11.3. The van der Waals surface area contributed by atoms with Gasteiger partial charge in [0, 0.05) is 0 Å². The summed E-state index contributed by atoms with van der Waals surface area (Å²) in [5, 5.41) is 9.40. The van der Waals surface area contributed by atoms with Crippen molar-refractivity contribution in [2.45, 2.75) is 51.6 Å². The van der Waals surface area contributed by atoms with Gasteiger partial charge in [-0.2, -0.15) is 11.8 Å². The summed E-state index contributed by atoms with van der Waals surface area (Å²) in [5.41, 5.74) is 0. The van der Waals surface area contributed by atoms with E-state index in [0.29, 0.717) is 13.0 Å². The fourth-order valence-electron chi connectivity index (χ4n) is 1.32. The van der Waals surface area contributed by atoms with Crippen molar-refractivity contribution in [1.82, 2.24) is 0 Å². The molecule has 96 valence electrons. The van der Waals surface area contributed by atoms with Crippen molar-refractivity contribution in [3.63, 3.8) is 0 Å². The Morgan fingerprint density at radius 1 is 1.31 bits per heavy atom. The van der Waals surface area contributed by atoms with E-state index in [0.717, 1.165) is 18.6 Å². The standard InChI is InChI=1S/C12H24O3S/c1-3-4-5-6-7-9-15-12(14)11(13)8-10-16-2/h11,13H,3-10H2,1-2H3/t11-/m0/s1. The molecule has 0 heterocycles. The molecule has 1 atom stereocenters. The van der Waals surface area contributed by atoms with E-state index in [4.69, 9.17) is 4.74 Å². The van der Waals surface area contributed by atoms with E-state index in [2.05, 4.69) is 6.92 Å². The van der Waals surface area contributed by atoms with Crippen LogP contribution in [0.2, 0.25) is 0 Å². The molecule has 0 spiro atoms. The highest BCUT2D eigenvalue weighted by atomic mass is 32.2. The molecule has 3 nitrogen and oxygen atoms in total. The third-order valence-corrected chi connectivity index (χ3v) is 3.00. The minimum absolute atomic E-state index is 0.443. The molecule has 0 bridgehead atoms. The lowest BCUT2D eigenvalue weighted by Crippen LogP contribution is -2.24. The molecule has 0 aromatic heterocycles. The first-order valence-electron chi connectivity index (χ1n) is 6.06. The molecule has 0 aliphatic rings.